The summed E-state index contributed by atoms with van der Waals surface area (Å²) in [6, 6.07) is 5.55. The summed E-state index contributed by atoms with van der Waals surface area (Å²) in [6.07, 6.45) is 6.83. The molecular formula is C17H21N3O3. The number of benzene rings is 1. The first kappa shape index (κ1) is 16.6. The molecule has 0 bridgehead atoms. The number of hydrogen-bond acceptors (Lipinski definition) is 4. The van der Waals surface area contributed by atoms with Gasteiger partial charge in [-0.05, 0) is 18.2 Å². The molecule has 0 N–H and O–H groups in total. The van der Waals surface area contributed by atoms with Gasteiger partial charge in [0.1, 0.15) is 11.5 Å². The molecule has 1 aromatic carbocycles. The van der Waals surface area contributed by atoms with Gasteiger partial charge in [0, 0.05) is 50.1 Å². The van der Waals surface area contributed by atoms with Crippen molar-refractivity contribution in [3.8, 4) is 11.5 Å². The molecule has 0 saturated carbocycles. The number of hydrogen-bond donors (Lipinski definition) is 0. The second kappa shape index (κ2) is 7.49. The lowest BCUT2D eigenvalue weighted by atomic mass is 10.1. The first-order valence-corrected chi connectivity index (χ1v) is 7.16. The van der Waals surface area contributed by atoms with Crippen LogP contribution in [0.3, 0.4) is 0 Å². The molecule has 0 radical (unpaired) electrons. The van der Waals surface area contributed by atoms with Gasteiger partial charge in [0.15, 0.2) is 0 Å². The highest BCUT2D eigenvalue weighted by Crippen LogP contribution is 2.25. The predicted octanol–water partition coefficient (Wildman–Crippen LogP) is 2.11. The normalized spacial score (nSPS) is 10.8. The average Bonchev–Trinajstić information content (AvgIpc) is 2.98. The molecule has 0 saturated heterocycles. The van der Waals surface area contributed by atoms with Gasteiger partial charge in [-0.1, -0.05) is 0 Å². The predicted molar refractivity (Wildman–Crippen MR) is 88.3 cm³/mol. The van der Waals surface area contributed by atoms with Crippen LogP contribution in [0.2, 0.25) is 0 Å². The molecule has 0 aliphatic rings. The van der Waals surface area contributed by atoms with Crippen LogP contribution in [0.4, 0.5) is 0 Å². The quantitative estimate of drug-likeness (QED) is 0.766. The Hall–Kier alpha value is -2.76. The van der Waals surface area contributed by atoms with Crippen LogP contribution in [0.25, 0.3) is 6.08 Å². The maximum Gasteiger partial charge on any atom is 0.246 e. The Labute approximate surface area is 135 Å². The van der Waals surface area contributed by atoms with E-state index in [9.17, 15) is 4.79 Å². The molecular weight excluding hydrogens is 294 g/mol. The Balaban J connectivity index is 2.04. The second-order valence-electron chi connectivity index (χ2n) is 5.15. The second-order valence-corrected chi connectivity index (χ2v) is 5.15. The van der Waals surface area contributed by atoms with Crippen molar-refractivity contribution >= 4 is 12.0 Å². The molecule has 23 heavy (non-hydrogen) atoms. The van der Waals surface area contributed by atoms with E-state index in [0.717, 1.165) is 16.9 Å². The zero-order valence-corrected chi connectivity index (χ0v) is 13.8. The third kappa shape index (κ3) is 4.35. The number of methoxy groups -OCH3 is 2. The van der Waals surface area contributed by atoms with Gasteiger partial charge in [-0.3, -0.25) is 9.48 Å². The molecule has 6 nitrogen and oxygen atoms in total. The zero-order chi connectivity index (χ0) is 16.8. The highest BCUT2D eigenvalue weighted by molar-refractivity contribution is 5.91. The molecule has 6 heteroatoms. The molecule has 2 aromatic rings. The van der Waals surface area contributed by atoms with Crippen LogP contribution in [-0.2, 0) is 18.4 Å². The van der Waals surface area contributed by atoms with E-state index in [1.165, 1.54) is 6.08 Å². The van der Waals surface area contributed by atoms with Crippen LogP contribution in [0.5, 0.6) is 11.5 Å². The molecule has 0 unspecified atom stereocenters. The number of nitrogens with zero attached hydrogens (tertiary/aromatic N) is 3. The van der Waals surface area contributed by atoms with Crippen LogP contribution in [0.1, 0.15) is 11.1 Å². The zero-order valence-electron chi connectivity index (χ0n) is 13.8. The highest BCUT2D eigenvalue weighted by atomic mass is 16.5. The Morgan fingerprint density at radius 3 is 2.74 bits per heavy atom. The summed E-state index contributed by atoms with van der Waals surface area (Å²) in [5.41, 5.74) is 1.80. The van der Waals surface area contributed by atoms with Gasteiger partial charge < -0.3 is 14.4 Å². The van der Waals surface area contributed by atoms with Crippen molar-refractivity contribution in [3.63, 3.8) is 0 Å². The summed E-state index contributed by atoms with van der Waals surface area (Å²) in [7, 11) is 6.79. The monoisotopic (exact) mass is 315 g/mol. The minimum atomic E-state index is -0.0910. The van der Waals surface area contributed by atoms with Crippen LogP contribution >= 0.6 is 0 Å². The number of ether oxygens (including phenoxy) is 2. The maximum atomic E-state index is 12.2. The fraction of sp³-hybridized carbons (Fsp3) is 0.294. The van der Waals surface area contributed by atoms with Crippen LogP contribution in [0, 0.1) is 0 Å². The van der Waals surface area contributed by atoms with E-state index < -0.39 is 0 Å². The molecule has 1 amide bonds. The molecule has 0 aliphatic carbocycles. The largest absolute Gasteiger partial charge is 0.497 e. The van der Waals surface area contributed by atoms with Crippen LogP contribution in [0.15, 0.2) is 36.7 Å². The van der Waals surface area contributed by atoms with E-state index in [1.54, 1.807) is 49.2 Å². The lowest BCUT2D eigenvalue weighted by Crippen LogP contribution is -2.24. The minimum Gasteiger partial charge on any atom is -0.497 e. The Bertz CT molecular complexity index is 707. The van der Waals surface area contributed by atoms with Gasteiger partial charge >= 0.3 is 0 Å². The van der Waals surface area contributed by atoms with E-state index in [1.807, 2.05) is 25.4 Å². The van der Waals surface area contributed by atoms with Gasteiger partial charge in [-0.15, -0.1) is 0 Å². The van der Waals surface area contributed by atoms with Gasteiger partial charge in [0.05, 0.1) is 20.4 Å². The van der Waals surface area contributed by atoms with Crippen molar-refractivity contribution in [1.82, 2.24) is 14.7 Å². The number of carbonyl (C=O) groups excluding carboxylic acids is 1. The van der Waals surface area contributed by atoms with Crippen LogP contribution in [-0.4, -0.2) is 41.9 Å². The maximum absolute atomic E-state index is 12.2. The highest BCUT2D eigenvalue weighted by Gasteiger charge is 2.11. The molecule has 0 fully saturated rings. The van der Waals surface area contributed by atoms with Crippen molar-refractivity contribution in [2.75, 3.05) is 21.3 Å². The number of rotatable bonds is 6. The summed E-state index contributed by atoms with van der Waals surface area (Å²) >= 11 is 0. The van der Waals surface area contributed by atoms with Crippen molar-refractivity contribution in [3.05, 3.63) is 47.8 Å². The number of likely N-dealkylation sites (N-methyl/N-ethyl adjacent to an activating group) is 1. The van der Waals surface area contributed by atoms with Crippen molar-refractivity contribution in [2.24, 2.45) is 7.05 Å². The van der Waals surface area contributed by atoms with E-state index in [-0.39, 0.29) is 5.91 Å². The fourth-order valence-electron chi connectivity index (χ4n) is 2.14. The van der Waals surface area contributed by atoms with Crippen LogP contribution < -0.4 is 9.47 Å². The van der Waals surface area contributed by atoms with E-state index >= 15 is 0 Å². The van der Waals surface area contributed by atoms with Gasteiger partial charge in [-0.25, -0.2) is 0 Å². The Morgan fingerprint density at radius 2 is 2.13 bits per heavy atom. The molecule has 2 rings (SSSR count). The number of carbonyl (C=O) groups is 1. The van der Waals surface area contributed by atoms with Crippen molar-refractivity contribution in [1.29, 1.82) is 0 Å². The smallest absolute Gasteiger partial charge is 0.246 e. The number of amides is 1. The van der Waals surface area contributed by atoms with Gasteiger partial charge in [-0.2, -0.15) is 5.10 Å². The Kier molecular flexibility index (Phi) is 5.41. The molecule has 0 atom stereocenters. The van der Waals surface area contributed by atoms with E-state index in [4.69, 9.17) is 9.47 Å². The first-order chi connectivity index (χ1) is 11.0. The first-order valence-electron chi connectivity index (χ1n) is 7.16. The number of aromatic nitrogens is 2. The summed E-state index contributed by atoms with van der Waals surface area (Å²) in [4.78, 5) is 13.8. The average molecular weight is 315 g/mol. The summed E-state index contributed by atoms with van der Waals surface area (Å²) in [6.45, 7) is 0.448. The molecule has 1 aromatic heterocycles. The molecule has 0 aliphatic heterocycles. The third-order valence-electron chi connectivity index (χ3n) is 3.42. The molecule has 122 valence electrons. The third-order valence-corrected chi connectivity index (χ3v) is 3.42. The lowest BCUT2D eigenvalue weighted by Gasteiger charge is -2.17. The summed E-state index contributed by atoms with van der Waals surface area (Å²) in [5, 5.41) is 4.06. The number of aryl methyl sites for hydroxylation is 1. The van der Waals surface area contributed by atoms with Gasteiger partial charge in [0.2, 0.25) is 5.91 Å². The van der Waals surface area contributed by atoms with E-state index in [2.05, 4.69) is 5.10 Å². The minimum absolute atomic E-state index is 0.0910. The molecule has 1 heterocycles. The standard InChI is InChI=1S/C17H21N3O3/c1-19(17(21)8-5-13-10-18-20(2)11-13)12-14-6-7-15(22-3)9-16(14)23-4/h5-11H,12H2,1-4H3/b8-5+. The topological polar surface area (TPSA) is 56.6 Å². The lowest BCUT2D eigenvalue weighted by molar-refractivity contribution is -0.125. The Morgan fingerprint density at radius 1 is 1.35 bits per heavy atom. The van der Waals surface area contributed by atoms with E-state index in [0.29, 0.717) is 12.3 Å². The molecule has 0 spiro atoms. The van der Waals surface area contributed by atoms with Crippen molar-refractivity contribution < 1.29 is 14.3 Å². The van der Waals surface area contributed by atoms with Gasteiger partial charge in [0.25, 0.3) is 0 Å². The summed E-state index contributed by atoms with van der Waals surface area (Å²) in [5.74, 6) is 1.32. The van der Waals surface area contributed by atoms with Crippen molar-refractivity contribution in [2.45, 2.75) is 6.54 Å². The SMILES string of the molecule is COc1ccc(CN(C)C(=O)/C=C/c2cnn(C)c2)c(OC)c1. The fourth-order valence-corrected chi connectivity index (χ4v) is 2.14. The summed E-state index contributed by atoms with van der Waals surface area (Å²) < 4.78 is 12.2.